The Kier molecular flexibility index (Phi) is 17.5. The molecule has 7 atom stereocenters. The van der Waals surface area contributed by atoms with Gasteiger partial charge in [0.1, 0.15) is 40.7 Å². The van der Waals surface area contributed by atoms with Crippen LogP contribution in [0.4, 0.5) is 14.6 Å². The average molecular weight is 1130 g/mol. The number of halogens is 2. The molecule has 4 fully saturated rings. The van der Waals surface area contributed by atoms with Gasteiger partial charge in [-0.05, 0) is 92.0 Å². The molecule has 3 aromatic heterocycles. The van der Waals surface area contributed by atoms with Crippen molar-refractivity contribution in [3.8, 4) is 45.8 Å². The molecule has 3 amide bonds. The second kappa shape index (κ2) is 24.7. The van der Waals surface area contributed by atoms with Crippen molar-refractivity contribution in [3.63, 3.8) is 0 Å². The number of aliphatic hydroxyl groups is 1. The standard InChI is InChI=1S/C62H74F2N10O6S/c1-7-46-49(63)24-21-41-27-44(75)28-47(52(41)46)54-53(64)55-48(30-65-54)58(72-32-42-22-23-43(33-72)68-42)71-61(70-55)80-73-26-25-38(31-73)15-13-11-9-8-10-12-14-16-51(77)69-57(62(4,5)6)60(79)74-34-45(76)29-50(74)59(78)67-36(2)39-17-19-40(20-18-39)56-37(3)66-35-81-56/h1,17-21,24,27-28,30,35-36,38,42-43,45,50,57,68,75-76H,8-16,22-23,25-26,29,31-34H2,2-6H3,(H,67,78)(H,69,77)/t36-,38?,42?,43?,45+,50-,57+/m0/s1. The Morgan fingerprint density at radius 2 is 1.65 bits per heavy atom. The van der Waals surface area contributed by atoms with Gasteiger partial charge in [0.05, 0.1) is 39.2 Å². The number of unbranched alkanes of at least 4 members (excludes halogenated alkanes) is 6. The molecule has 3 unspecified atom stereocenters. The second-order valence-corrected chi connectivity index (χ2v) is 24.6. The molecule has 0 radical (unpaired) electrons. The fourth-order valence-corrected chi connectivity index (χ4v) is 13.1. The van der Waals surface area contributed by atoms with Crippen molar-refractivity contribution in [3.05, 3.63) is 88.7 Å². The minimum absolute atomic E-state index is 0.00509. The number of hydrogen-bond acceptors (Lipinski definition) is 14. The molecule has 16 nitrogen and oxygen atoms in total. The molecule has 2 bridgehead atoms. The number of aliphatic hydroxyl groups excluding tert-OH is 1. The lowest BCUT2D eigenvalue weighted by molar-refractivity contribution is -0.144. The van der Waals surface area contributed by atoms with Crippen LogP contribution in [-0.2, 0) is 14.4 Å². The number of phenols is 1. The maximum Gasteiger partial charge on any atom is 0.338 e. The molecule has 4 aliphatic rings. The number of nitrogens with zero attached hydrogens (tertiary/aromatic N) is 7. The molecule has 4 saturated heterocycles. The van der Waals surface area contributed by atoms with Gasteiger partial charge < -0.3 is 40.8 Å². The minimum Gasteiger partial charge on any atom is -0.508 e. The number of hydroxylamine groups is 2. The number of β-amino-alcohol motifs (C(OH)–C–C–N with tert-alkyl or cyclic N) is 1. The zero-order valence-electron chi connectivity index (χ0n) is 46.9. The monoisotopic (exact) mass is 1120 g/mol. The summed E-state index contributed by atoms with van der Waals surface area (Å²) in [5.74, 6) is 0.868. The Morgan fingerprint density at radius 3 is 2.36 bits per heavy atom. The van der Waals surface area contributed by atoms with Crippen molar-refractivity contribution < 1.29 is 38.2 Å². The summed E-state index contributed by atoms with van der Waals surface area (Å²) in [6.45, 7) is 12.3. The van der Waals surface area contributed by atoms with Crippen LogP contribution >= 0.6 is 11.3 Å². The molecule has 5 N–H and O–H groups in total. The number of terminal acetylenes is 1. The van der Waals surface area contributed by atoms with Gasteiger partial charge in [-0.2, -0.15) is 9.97 Å². The smallest absolute Gasteiger partial charge is 0.338 e. The SMILES string of the molecule is C#Cc1c(F)ccc2cc(O)cc(-c3ncc4c(N5CC6CCC(C5)N6)nc(ON5CCC(CCCCCCCCCC(=O)N[C@H](C(=O)N6C[C@H](O)C[C@H]6C(=O)N[C@@H](C)c6ccc(-c7scnc7C)cc6)C(C)(C)C)C5)nc4c3F)c12. The van der Waals surface area contributed by atoms with Crippen molar-refractivity contribution in [1.82, 2.24) is 45.8 Å². The molecule has 428 valence electrons. The predicted octanol–water partition coefficient (Wildman–Crippen LogP) is 9.68. The number of hydrogen-bond donors (Lipinski definition) is 5. The average Bonchev–Trinajstić information content (AvgIpc) is 4.21. The van der Waals surface area contributed by atoms with Gasteiger partial charge in [0, 0.05) is 74.8 Å². The number of benzene rings is 3. The predicted molar refractivity (Wildman–Crippen MR) is 310 cm³/mol. The van der Waals surface area contributed by atoms with Crippen LogP contribution in [0.3, 0.4) is 0 Å². The lowest BCUT2D eigenvalue weighted by Gasteiger charge is -2.35. The maximum absolute atomic E-state index is 17.1. The Hall–Kier alpha value is -6.85. The van der Waals surface area contributed by atoms with E-state index in [1.165, 1.54) is 29.2 Å². The first-order valence-electron chi connectivity index (χ1n) is 28.7. The summed E-state index contributed by atoms with van der Waals surface area (Å²) in [7, 11) is 0. The summed E-state index contributed by atoms with van der Waals surface area (Å²) in [4.78, 5) is 70.8. The first kappa shape index (κ1) is 57.4. The Bertz CT molecular complexity index is 3320. The lowest BCUT2D eigenvalue weighted by Crippen LogP contribution is -2.57. The third-order valence-corrected chi connectivity index (χ3v) is 17.6. The van der Waals surface area contributed by atoms with Crippen LogP contribution in [-0.4, -0.2) is 121 Å². The first-order chi connectivity index (χ1) is 38.9. The number of aromatic hydroxyl groups is 1. The molecule has 7 heterocycles. The van der Waals surface area contributed by atoms with E-state index in [2.05, 4.69) is 41.7 Å². The van der Waals surface area contributed by atoms with E-state index >= 15 is 8.78 Å². The van der Waals surface area contributed by atoms with Crippen LogP contribution in [0.2, 0.25) is 0 Å². The van der Waals surface area contributed by atoms with E-state index in [4.69, 9.17) is 16.2 Å². The van der Waals surface area contributed by atoms with Gasteiger partial charge in [-0.25, -0.2) is 13.8 Å². The molecule has 6 aromatic rings. The van der Waals surface area contributed by atoms with Crippen LogP contribution < -0.4 is 25.7 Å². The molecular weight excluding hydrogens is 1050 g/mol. The zero-order valence-corrected chi connectivity index (χ0v) is 47.8. The van der Waals surface area contributed by atoms with Gasteiger partial charge >= 0.3 is 6.01 Å². The minimum atomic E-state index is -0.879. The molecular formula is C62H74F2N10O6S. The van der Waals surface area contributed by atoms with Crippen molar-refractivity contribution in [2.24, 2.45) is 11.3 Å². The number of amides is 3. The molecule has 81 heavy (non-hydrogen) atoms. The van der Waals surface area contributed by atoms with E-state index in [0.717, 1.165) is 85.9 Å². The Labute approximate surface area is 476 Å². The third kappa shape index (κ3) is 12.9. The normalized spacial score (nSPS) is 20.9. The van der Waals surface area contributed by atoms with Gasteiger partial charge in [0.25, 0.3) is 0 Å². The first-order valence-corrected chi connectivity index (χ1v) is 29.6. The van der Waals surface area contributed by atoms with Crippen molar-refractivity contribution in [1.29, 1.82) is 0 Å². The summed E-state index contributed by atoms with van der Waals surface area (Å²) in [6.07, 6.45) is 17.7. The summed E-state index contributed by atoms with van der Waals surface area (Å²) in [6, 6.07) is 12.0. The summed E-state index contributed by atoms with van der Waals surface area (Å²) >= 11 is 1.58. The number of piperazine rings is 1. The molecule has 19 heteroatoms. The number of aromatic nitrogens is 4. The van der Waals surface area contributed by atoms with Gasteiger partial charge in [-0.15, -0.1) is 22.8 Å². The van der Waals surface area contributed by atoms with Crippen LogP contribution in [0, 0.1) is 42.2 Å². The number of phenolic OH excluding ortho intramolecular Hbond substituents is 1. The summed E-state index contributed by atoms with van der Waals surface area (Å²) in [5, 5.41) is 34.1. The number of rotatable bonds is 20. The van der Waals surface area contributed by atoms with Gasteiger partial charge in [-0.3, -0.25) is 19.4 Å². The highest BCUT2D eigenvalue weighted by Gasteiger charge is 2.45. The highest BCUT2D eigenvalue weighted by Crippen LogP contribution is 2.40. The van der Waals surface area contributed by atoms with Crippen molar-refractivity contribution >= 4 is 56.6 Å². The summed E-state index contributed by atoms with van der Waals surface area (Å²) in [5.41, 5.74) is 4.08. The van der Waals surface area contributed by atoms with E-state index < -0.39 is 35.2 Å². The maximum atomic E-state index is 17.1. The van der Waals surface area contributed by atoms with Crippen LogP contribution in [0.5, 0.6) is 11.8 Å². The van der Waals surface area contributed by atoms with Gasteiger partial charge in [0.15, 0.2) is 5.82 Å². The lowest BCUT2D eigenvalue weighted by atomic mass is 9.85. The van der Waals surface area contributed by atoms with E-state index in [0.29, 0.717) is 55.1 Å². The number of nitrogens with one attached hydrogen (secondary N) is 3. The third-order valence-electron chi connectivity index (χ3n) is 16.6. The fourth-order valence-electron chi connectivity index (χ4n) is 12.3. The quantitative estimate of drug-likeness (QED) is 0.0358. The van der Waals surface area contributed by atoms with Crippen LogP contribution in [0.1, 0.15) is 134 Å². The topological polar surface area (TPSA) is 198 Å². The molecule has 3 aromatic carbocycles. The Balaban J connectivity index is 0.677. The van der Waals surface area contributed by atoms with Gasteiger partial charge in [0.2, 0.25) is 17.7 Å². The highest BCUT2D eigenvalue weighted by atomic mass is 32.1. The van der Waals surface area contributed by atoms with Crippen molar-refractivity contribution in [2.75, 3.05) is 37.6 Å². The van der Waals surface area contributed by atoms with Crippen molar-refractivity contribution in [2.45, 2.75) is 154 Å². The number of likely N-dealkylation sites (tertiary alicyclic amines) is 1. The second-order valence-electron chi connectivity index (χ2n) is 23.7. The van der Waals surface area contributed by atoms with Crippen LogP contribution in [0.25, 0.3) is 43.4 Å². The largest absolute Gasteiger partial charge is 0.508 e. The molecule has 0 spiro atoms. The fraction of sp³-hybridized carbons (Fsp3) is 0.500. The number of pyridine rings is 1. The number of aryl methyl sites for hydroxylation is 1. The molecule has 0 saturated carbocycles. The van der Waals surface area contributed by atoms with E-state index in [1.807, 2.05) is 69.5 Å². The molecule has 10 rings (SSSR count). The molecule has 0 aliphatic carbocycles. The summed E-state index contributed by atoms with van der Waals surface area (Å²) < 4.78 is 32.1. The number of carbonyl (C=O) groups excluding carboxylic acids is 3. The van der Waals surface area contributed by atoms with E-state index in [-0.39, 0.29) is 94.7 Å². The van der Waals surface area contributed by atoms with Gasteiger partial charge in [-0.1, -0.05) is 95.5 Å². The molecule has 4 aliphatic heterocycles. The van der Waals surface area contributed by atoms with E-state index in [1.54, 1.807) is 17.5 Å². The number of fused-ring (bicyclic) bond motifs is 4. The highest BCUT2D eigenvalue weighted by molar-refractivity contribution is 7.13. The van der Waals surface area contributed by atoms with Crippen LogP contribution in [0.15, 0.2) is 60.2 Å². The van der Waals surface area contributed by atoms with E-state index in [9.17, 15) is 24.6 Å². The zero-order chi connectivity index (χ0) is 57.1. The number of anilines is 1. The number of carbonyl (C=O) groups is 3. The Morgan fingerprint density at radius 1 is 0.926 bits per heavy atom. The number of thiazole rings is 1.